The Kier molecular flexibility index (Phi) is 28.8. The Balaban J connectivity index is 0.810. The number of carbonyl (C=O) groups is 5. The number of fused-ring (bicyclic) bond motifs is 3. The van der Waals surface area contributed by atoms with Crippen molar-refractivity contribution in [1.29, 1.82) is 0 Å². The minimum Gasteiger partial charge on any atom is -0.469 e. The van der Waals surface area contributed by atoms with E-state index in [-0.39, 0.29) is 44.7 Å². The zero-order chi connectivity index (χ0) is 55.3. The number of likely N-dealkylation sites (tertiary alicyclic amines) is 1. The van der Waals surface area contributed by atoms with Crippen LogP contribution in [0.15, 0.2) is 6.07 Å². The fourth-order valence-corrected chi connectivity index (χ4v) is 10.2. The number of rotatable bonds is 38. The predicted molar refractivity (Wildman–Crippen MR) is 290 cm³/mol. The van der Waals surface area contributed by atoms with E-state index >= 15 is 0 Å². The quantitative estimate of drug-likeness (QED) is 0.0510. The first-order valence-electron chi connectivity index (χ1n) is 27.6. The number of unbranched alkanes of at least 4 members (excludes halogenated alkanes) is 1. The summed E-state index contributed by atoms with van der Waals surface area (Å²) in [5.74, 6) is 0.592. The molecule has 2 fully saturated rings. The number of anilines is 1. The number of esters is 2. The summed E-state index contributed by atoms with van der Waals surface area (Å²) >= 11 is 1.82. The Bertz CT molecular complexity index is 2240. The van der Waals surface area contributed by atoms with Crippen LogP contribution < -0.4 is 16.4 Å². The molecule has 0 radical (unpaired) electrons. The van der Waals surface area contributed by atoms with Crippen molar-refractivity contribution in [2.24, 2.45) is 5.92 Å². The number of ether oxygens (including phenoxy) is 10. The van der Waals surface area contributed by atoms with E-state index in [1.165, 1.54) is 12.0 Å². The third kappa shape index (κ3) is 23.3. The molecule has 0 aliphatic carbocycles. The summed E-state index contributed by atoms with van der Waals surface area (Å²) in [6.45, 7) is 16.9. The number of thiophene rings is 1. The summed E-state index contributed by atoms with van der Waals surface area (Å²) in [5.41, 5.74) is 8.78. The summed E-state index contributed by atoms with van der Waals surface area (Å²) in [5, 5.41) is 5.28. The Hall–Kier alpha value is -4.59. The van der Waals surface area contributed by atoms with Gasteiger partial charge in [0.25, 0.3) is 0 Å². The van der Waals surface area contributed by atoms with E-state index in [0.717, 1.165) is 105 Å². The minimum absolute atomic E-state index is 0.0219. The van der Waals surface area contributed by atoms with Gasteiger partial charge in [-0.25, -0.2) is 9.97 Å². The van der Waals surface area contributed by atoms with Gasteiger partial charge < -0.3 is 73.2 Å². The lowest BCUT2D eigenvalue weighted by Gasteiger charge is -2.31. The maximum atomic E-state index is 13.1. The first-order chi connectivity index (χ1) is 37.3. The van der Waals surface area contributed by atoms with Crippen LogP contribution in [0.1, 0.15) is 115 Å². The van der Waals surface area contributed by atoms with E-state index in [1.54, 1.807) is 20.8 Å². The number of nitrogens with two attached hydrogens (primary N) is 1. The number of aromatic nitrogens is 3. The molecule has 2 aliphatic heterocycles. The summed E-state index contributed by atoms with van der Waals surface area (Å²) in [7, 11) is 1.23. The maximum absolute atomic E-state index is 13.1. The van der Waals surface area contributed by atoms with Crippen molar-refractivity contribution in [3.63, 3.8) is 0 Å². The predicted octanol–water partition coefficient (Wildman–Crippen LogP) is 4.89. The molecule has 5 heterocycles. The highest BCUT2D eigenvalue weighted by molar-refractivity contribution is 7.20. The molecule has 4 N–H and O–H groups in total. The van der Waals surface area contributed by atoms with Gasteiger partial charge in [0.05, 0.1) is 128 Å². The fourth-order valence-electron chi connectivity index (χ4n) is 8.88. The van der Waals surface area contributed by atoms with Crippen molar-refractivity contribution in [2.75, 3.05) is 138 Å². The van der Waals surface area contributed by atoms with Gasteiger partial charge in [-0.3, -0.25) is 24.0 Å². The monoisotopic (exact) mass is 1110 g/mol. The van der Waals surface area contributed by atoms with Crippen molar-refractivity contribution in [3.8, 4) is 0 Å². The lowest BCUT2D eigenvalue weighted by Crippen LogP contribution is -2.47. The van der Waals surface area contributed by atoms with Gasteiger partial charge in [-0.1, -0.05) is 13.3 Å². The third-order valence-electron chi connectivity index (χ3n) is 13.0. The number of pyridine rings is 1. The van der Waals surface area contributed by atoms with Crippen LogP contribution in [-0.2, 0) is 84.3 Å². The van der Waals surface area contributed by atoms with Crippen LogP contribution in [0.2, 0.25) is 0 Å². The van der Waals surface area contributed by atoms with Crippen LogP contribution in [0.5, 0.6) is 0 Å². The molecule has 2 aliphatic rings. The largest absolute Gasteiger partial charge is 0.469 e. The number of piperidine rings is 1. The SMILES string of the molecule is CCCCc1nc2c(N)nc3cc(C4CCN(C(=O)CCOCCOCCOCCOCCOCCOCCOCCNC(=O)[C@H](CCC(=O)OC(C)(C)C)NC(=O)CCC(=O)OC)CC4)sc3c2n1CC1CCOCC1. The van der Waals surface area contributed by atoms with E-state index in [2.05, 4.69) is 32.9 Å². The Morgan fingerprint density at radius 1 is 0.766 bits per heavy atom. The smallest absolute Gasteiger partial charge is 0.306 e. The molecule has 3 aromatic heterocycles. The average molecular weight is 1110 g/mol. The molecule has 5 rings (SSSR count). The highest BCUT2D eigenvalue weighted by atomic mass is 32.1. The molecule has 22 nitrogen and oxygen atoms in total. The number of nitrogens with one attached hydrogen (secondary N) is 2. The standard InChI is InChI=1S/C54H87N7O15S/c1-6-7-8-44-59-49-50(61(44)38-39-15-21-68-22-16-39)51-42(58-52(49)55)37-43(77-51)40-13-19-60(20-14-40)46(63)17-23-69-25-27-71-29-31-73-33-35-75-36-34-74-32-30-72-28-26-70-24-18-56-53(66)41(9-11-48(65)76-54(2,3)4)57-45(62)10-12-47(64)67-5/h37,39-41H,6-36,38H2,1-5H3,(H2,55,58)(H,56,66)(H,57,62)/t41-/m0/s1. The number of imidazole rings is 1. The first-order valence-corrected chi connectivity index (χ1v) is 28.4. The summed E-state index contributed by atoms with van der Waals surface area (Å²) < 4.78 is 58.2. The van der Waals surface area contributed by atoms with Gasteiger partial charge in [0.1, 0.15) is 23.0 Å². The molecule has 77 heavy (non-hydrogen) atoms. The van der Waals surface area contributed by atoms with Crippen LogP contribution in [0.4, 0.5) is 5.82 Å². The molecule has 0 unspecified atom stereocenters. The second-order valence-corrected chi connectivity index (χ2v) is 21.2. The lowest BCUT2D eigenvalue weighted by atomic mass is 9.95. The van der Waals surface area contributed by atoms with Crippen LogP contribution in [-0.4, -0.2) is 193 Å². The molecule has 0 spiro atoms. The summed E-state index contributed by atoms with van der Waals surface area (Å²) in [4.78, 5) is 75.1. The lowest BCUT2D eigenvalue weighted by molar-refractivity contribution is -0.155. The summed E-state index contributed by atoms with van der Waals surface area (Å²) in [6.07, 6.45) is 7.03. The zero-order valence-corrected chi connectivity index (χ0v) is 47.2. The molecule has 2 saturated heterocycles. The topological polar surface area (TPSA) is 262 Å². The van der Waals surface area contributed by atoms with Gasteiger partial charge in [-0.2, -0.15) is 0 Å². The Labute approximate surface area is 457 Å². The normalized spacial score (nSPS) is 15.1. The van der Waals surface area contributed by atoms with Gasteiger partial charge in [0.15, 0.2) is 5.82 Å². The molecule has 3 aromatic rings. The van der Waals surface area contributed by atoms with Gasteiger partial charge >= 0.3 is 11.9 Å². The van der Waals surface area contributed by atoms with E-state index in [9.17, 15) is 24.0 Å². The van der Waals surface area contributed by atoms with E-state index in [1.807, 2.05) is 16.2 Å². The second-order valence-electron chi connectivity index (χ2n) is 20.2. The molecule has 434 valence electrons. The number of hydrogen-bond donors (Lipinski definition) is 3. The first kappa shape index (κ1) is 63.2. The van der Waals surface area contributed by atoms with Crippen molar-refractivity contribution in [1.82, 2.24) is 30.1 Å². The zero-order valence-electron chi connectivity index (χ0n) is 46.3. The van der Waals surface area contributed by atoms with Crippen LogP contribution >= 0.6 is 11.3 Å². The Morgan fingerprint density at radius 3 is 1.92 bits per heavy atom. The third-order valence-corrected chi connectivity index (χ3v) is 14.3. The van der Waals surface area contributed by atoms with E-state index in [0.29, 0.717) is 110 Å². The molecule has 0 saturated carbocycles. The highest BCUT2D eigenvalue weighted by Crippen LogP contribution is 2.41. The number of carbonyl (C=O) groups excluding carboxylic acids is 5. The van der Waals surface area contributed by atoms with Crippen molar-refractivity contribution >= 4 is 68.1 Å². The molecular weight excluding hydrogens is 1020 g/mol. The molecule has 23 heteroatoms. The van der Waals surface area contributed by atoms with Gasteiger partial charge in [-0.05, 0) is 77.2 Å². The van der Waals surface area contributed by atoms with Gasteiger partial charge in [-0.15, -0.1) is 11.3 Å². The maximum Gasteiger partial charge on any atom is 0.306 e. The van der Waals surface area contributed by atoms with E-state index < -0.39 is 35.4 Å². The molecule has 1 atom stereocenters. The second kappa shape index (κ2) is 35.1. The number of methoxy groups -OCH3 is 1. The van der Waals surface area contributed by atoms with E-state index in [4.69, 9.17) is 58.3 Å². The van der Waals surface area contributed by atoms with Gasteiger partial charge in [0, 0.05) is 63.5 Å². The number of aryl methyl sites for hydroxylation is 1. The summed E-state index contributed by atoms with van der Waals surface area (Å²) in [6, 6.07) is 1.22. The molecule has 0 aromatic carbocycles. The number of amides is 3. The van der Waals surface area contributed by atoms with Crippen LogP contribution in [0, 0.1) is 5.92 Å². The van der Waals surface area contributed by atoms with Crippen molar-refractivity contribution < 1.29 is 71.3 Å². The molecular formula is C54H87N7O15S. The van der Waals surface area contributed by atoms with Crippen LogP contribution in [0.25, 0.3) is 21.3 Å². The fraction of sp³-hybridized carbons (Fsp3) is 0.759. The minimum atomic E-state index is -1.000. The highest BCUT2D eigenvalue weighted by Gasteiger charge is 2.29. The van der Waals surface area contributed by atoms with Gasteiger partial charge in [0.2, 0.25) is 17.7 Å². The van der Waals surface area contributed by atoms with Crippen molar-refractivity contribution in [2.45, 2.75) is 129 Å². The number of hydrogen-bond acceptors (Lipinski definition) is 19. The molecule has 0 bridgehead atoms. The van der Waals surface area contributed by atoms with Crippen LogP contribution in [0.3, 0.4) is 0 Å². The Morgan fingerprint density at radius 2 is 1.35 bits per heavy atom. The number of nitrogens with zero attached hydrogens (tertiary/aromatic N) is 4. The average Bonchev–Trinajstić information content (AvgIpc) is 4.01. The molecule has 3 amide bonds. The van der Waals surface area contributed by atoms with Crippen molar-refractivity contribution in [3.05, 3.63) is 16.8 Å². The number of nitrogen functional groups attached to an aromatic ring is 1.